The molecule has 2 unspecified atom stereocenters. The van der Waals surface area contributed by atoms with Crippen LogP contribution >= 0.6 is 12.2 Å². The molecule has 110 valence electrons. The molecule has 0 bridgehead atoms. The fourth-order valence-corrected chi connectivity index (χ4v) is 2.13. The van der Waals surface area contributed by atoms with E-state index in [-0.39, 0.29) is 17.7 Å². The highest BCUT2D eigenvalue weighted by atomic mass is 32.1. The Hall–Kier alpha value is -1.42. The first-order valence-electron chi connectivity index (χ1n) is 6.96. The third-order valence-electron chi connectivity index (χ3n) is 3.71. The monoisotopic (exact) mass is 292 g/mol. The fourth-order valence-electron chi connectivity index (χ4n) is 2.08. The van der Waals surface area contributed by atoms with Crippen molar-refractivity contribution in [3.05, 3.63) is 35.9 Å². The van der Waals surface area contributed by atoms with Gasteiger partial charge in [-0.3, -0.25) is 4.79 Å². The number of benzene rings is 1. The average molecular weight is 292 g/mol. The van der Waals surface area contributed by atoms with Crippen LogP contribution in [-0.4, -0.2) is 16.4 Å². The van der Waals surface area contributed by atoms with E-state index >= 15 is 0 Å². The number of hydrogen-bond acceptors (Lipinski definition) is 2. The van der Waals surface area contributed by atoms with Gasteiger partial charge in [-0.2, -0.15) is 0 Å². The molecule has 1 aromatic rings. The molecular formula is C16H24N2OS. The zero-order valence-corrected chi connectivity index (χ0v) is 13.5. The number of carbonyl (C=O) groups is 1. The van der Waals surface area contributed by atoms with Gasteiger partial charge in [0.05, 0.1) is 16.4 Å². The Morgan fingerprint density at radius 2 is 1.90 bits per heavy atom. The van der Waals surface area contributed by atoms with Crippen molar-refractivity contribution >= 4 is 23.1 Å². The van der Waals surface area contributed by atoms with Gasteiger partial charge in [0.2, 0.25) is 5.91 Å². The van der Waals surface area contributed by atoms with Crippen molar-refractivity contribution in [1.82, 2.24) is 5.32 Å². The number of thiocarbonyl (C=S) groups is 1. The molecule has 0 aromatic heterocycles. The number of amides is 1. The molecular weight excluding hydrogens is 268 g/mol. The van der Waals surface area contributed by atoms with Gasteiger partial charge in [-0.05, 0) is 25.3 Å². The summed E-state index contributed by atoms with van der Waals surface area (Å²) >= 11 is 5.01. The van der Waals surface area contributed by atoms with Crippen LogP contribution in [-0.2, 0) is 4.79 Å². The van der Waals surface area contributed by atoms with Crippen molar-refractivity contribution in [2.45, 2.75) is 45.6 Å². The lowest BCUT2D eigenvalue weighted by molar-refractivity contribution is -0.124. The second-order valence-corrected chi connectivity index (χ2v) is 6.19. The summed E-state index contributed by atoms with van der Waals surface area (Å²) in [4.78, 5) is 12.9. The van der Waals surface area contributed by atoms with Crippen LogP contribution < -0.4 is 11.1 Å². The number of hydrogen-bond donors (Lipinski definition) is 2. The van der Waals surface area contributed by atoms with Gasteiger partial charge in [0.15, 0.2) is 0 Å². The van der Waals surface area contributed by atoms with Crippen LogP contribution in [0.5, 0.6) is 0 Å². The zero-order valence-electron chi connectivity index (χ0n) is 12.6. The SMILES string of the molecule is CCC(C)C(C(=O)NC(C)(C)C(N)=S)c1ccccc1. The average Bonchev–Trinajstić information content (AvgIpc) is 2.39. The van der Waals surface area contributed by atoms with E-state index in [1.54, 1.807) is 0 Å². The molecule has 0 heterocycles. The van der Waals surface area contributed by atoms with E-state index in [2.05, 4.69) is 19.2 Å². The van der Waals surface area contributed by atoms with Crippen molar-refractivity contribution in [2.75, 3.05) is 0 Å². The summed E-state index contributed by atoms with van der Waals surface area (Å²) in [5, 5.41) is 2.96. The van der Waals surface area contributed by atoms with E-state index in [0.29, 0.717) is 4.99 Å². The standard InChI is InChI=1S/C16H24N2OS/c1-5-11(2)13(12-9-7-6-8-10-12)14(19)18-16(3,4)15(17)20/h6-11,13H,5H2,1-4H3,(H2,17,20)(H,18,19). The molecule has 20 heavy (non-hydrogen) atoms. The third kappa shape index (κ3) is 4.04. The van der Waals surface area contributed by atoms with Gasteiger partial charge in [-0.15, -0.1) is 0 Å². The normalized spacial score (nSPS) is 14.4. The van der Waals surface area contributed by atoms with Crippen LogP contribution in [0.1, 0.15) is 45.6 Å². The van der Waals surface area contributed by atoms with Crippen LogP contribution in [0.15, 0.2) is 30.3 Å². The maximum Gasteiger partial charge on any atom is 0.228 e. The van der Waals surface area contributed by atoms with Crippen LogP contribution in [0.2, 0.25) is 0 Å². The summed E-state index contributed by atoms with van der Waals surface area (Å²) in [6.07, 6.45) is 0.931. The molecule has 3 N–H and O–H groups in total. The first kappa shape index (κ1) is 16.6. The summed E-state index contributed by atoms with van der Waals surface area (Å²) in [6.45, 7) is 7.83. The Morgan fingerprint density at radius 1 is 1.35 bits per heavy atom. The molecule has 0 saturated carbocycles. The van der Waals surface area contributed by atoms with Gasteiger partial charge in [0.1, 0.15) is 0 Å². The highest BCUT2D eigenvalue weighted by Crippen LogP contribution is 2.27. The predicted octanol–water partition coefficient (Wildman–Crippen LogP) is 3.00. The van der Waals surface area contributed by atoms with Gasteiger partial charge < -0.3 is 11.1 Å². The Bertz CT molecular complexity index is 471. The van der Waals surface area contributed by atoms with E-state index in [4.69, 9.17) is 18.0 Å². The molecule has 0 aliphatic carbocycles. The minimum absolute atomic E-state index is 0.0247. The van der Waals surface area contributed by atoms with E-state index in [1.807, 2.05) is 44.2 Å². The van der Waals surface area contributed by atoms with E-state index in [1.165, 1.54) is 0 Å². The second-order valence-electron chi connectivity index (χ2n) is 5.75. The van der Waals surface area contributed by atoms with Crippen LogP contribution in [0.25, 0.3) is 0 Å². The quantitative estimate of drug-likeness (QED) is 0.793. The largest absolute Gasteiger partial charge is 0.391 e. The summed E-state index contributed by atoms with van der Waals surface area (Å²) < 4.78 is 0. The van der Waals surface area contributed by atoms with Crippen LogP contribution in [0, 0.1) is 5.92 Å². The van der Waals surface area contributed by atoms with Gasteiger partial charge in [-0.1, -0.05) is 62.8 Å². The number of rotatable bonds is 6. The van der Waals surface area contributed by atoms with E-state index in [0.717, 1.165) is 12.0 Å². The molecule has 0 saturated heterocycles. The molecule has 0 aliphatic rings. The lowest BCUT2D eigenvalue weighted by atomic mass is 9.84. The minimum atomic E-state index is -0.674. The van der Waals surface area contributed by atoms with E-state index in [9.17, 15) is 4.79 Å². The van der Waals surface area contributed by atoms with E-state index < -0.39 is 5.54 Å². The van der Waals surface area contributed by atoms with Crippen molar-refractivity contribution in [3.8, 4) is 0 Å². The number of nitrogens with one attached hydrogen (secondary N) is 1. The second kappa shape index (κ2) is 6.84. The molecule has 1 rings (SSSR count). The third-order valence-corrected chi connectivity index (χ3v) is 4.22. The van der Waals surface area contributed by atoms with Crippen molar-refractivity contribution in [3.63, 3.8) is 0 Å². The smallest absolute Gasteiger partial charge is 0.228 e. The zero-order chi connectivity index (χ0) is 15.3. The van der Waals surface area contributed by atoms with Crippen LogP contribution in [0.4, 0.5) is 0 Å². The van der Waals surface area contributed by atoms with Gasteiger partial charge in [0, 0.05) is 0 Å². The molecule has 3 nitrogen and oxygen atoms in total. The summed E-state index contributed by atoms with van der Waals surface area (Å²) in [7, 11) is 0. The maximum absolute atomic E-state index is 12.6. The molecule has 0 aliphatic heterocycles. The minimum Gasteiger partial charge on any atom is -0.391 e. The molecule has 0 radical (unpaired) electrons. The summed E-state index contributed by atoms with van der Waals surface area (Å²) in [5.74, 6) is 0.0396. The highest BCUT2D eigenvalue weighted by molar-refractivity contribution is 7.80. The Labute approximate surface area is 126 Å². The molecule has 2 atom stereocenters. The topological polar surface area (TPSA) is 55.1 Å². The molecule has 1 amide bonds. The Balaban J connectivity index is 3.01. The Morgan fingerprint density at radius 3 is 2.35 bits per heavy atom. The van der Waals surface area contributed by atoms with Gasteiger partial charge >= 0.3 is 0 Å². The molecule has 4 heteroatoms. The number of nitrogens with two attached hydrogens (primary N) is 1. The first-order valence-corrected chi connectivity index (χ1v) is 7.37. The summed E-state index contributed by atoms with van der Waals surface area (Å²) in [5.41, 5.74) is 6.03. The molecule has 0 fully saturated rings. The summed E-state index contributed by atoms with van der Waals surface area (Å²) in [6, 6.07) is 9.84. The molecule has 1 aromatic carbocycles. The van der Waals surface area contributed by atoms with Gasteiger partial charge in [-0.25, -0.2) is 0 Å². The predicted molar refractivity (Wildman–Crippen MR) is 87.6 cm³/mol. The van der Waals surface area contributed by atoms with Crippen molar-refractivity contribution in [1.29, 1.82) is 0 Å². The van der Waals surface area contributed by atoms with Crippen LogP contribution in [0.3, 0.4) is 0 Å². The lowest BCUT2D eigenvalue weighted by Gasteiger charge is -2.30. The van der Waals surface area contributed by atoms with Crippen molar-refractivity contribution < 1.29 is 4.79 Å². The first-order chi connectivity index (χ1) is 9.29. The lowest BCUT2D eigenvalue weighted by Crippen LogP contribution is -2.53. The Kier molecular flexibility index (Phi) is 5.69. The highest BCUT2D eigenvalue weighted by Gasteiger charge is 2.31. The molecule has 0 spiro atoms. The number of carbonyl (C=O) groups excluding carboxylic acids is 1. The maximum atomic E-state index is 12.6. The fraction of sp³-hybridized carbons (Fsp3) is 0.500. The van der Waals surface area contributed by atoms with Crippen molar-refractivity contribution in [2.24, 2.45) is 11.7 Å². The van der Waals surface area contributed by atoms with Gasteiger partial charge in [0.25, 0.3) is 0 Å².